The molecular weight excluding hydrogens is 576 g/mol. The molecule has 0 unspecified atom stereocenters. The van der Waals surface area contributed by atoms with Gasteiger partial charge in [-0.3, -0.25) is 4.79 Å². The maximum absolute atomic E-state index is 15.4. The van der Waals surface area contributed by atoms with E-state index in [2.05, 4.69) is 6.07 Å². The van der Waals surface area contributed by atoms with Gasteiger partial charge in [-0.05, 0) is 42.7 Å². The third-order valence-electron chi connectivity index (χ3n) is 7.54. The van der Waals surface area contributed by atoms with Crippen LogP contribution in [0.2, 0.25) is 10.2 Å². The minimum atomic E-state index is -1.66. The van der Waals surface area contributed by atoms with Gasteiger partial charge in [0, 0.05) is 33.5 Å². The predicted molar refractivity (Wildman–Crippen MR) is 141 cm³/mol. The molecular formula is C28H19Cl2F2N2NaO3S. The van der Waals surface area contributed by atoms with Gasteiger partial charge in [0.2, 0.25) is 5.91 Å². The van der Waals surface area contributed by atoms with E-state index in [0.29, 0.717) is 11.9 Å². The summed E-state index contributed by atoms with van der Waals surface area (Å²) in [6.07, 6.45) is 3.11. The first-order valence-electron chi connectivity index (χ1n) is 11.9. The molecule has 0 radical (unpaired) electrons. The zero-order valence-electron chi connectivity index (χ0n) is 20.8. The molecule has 0 N–H and O–H groups in total. The minimum absolute atomic E-state index is 0. The third kappa shape index (κ3) is 4.59. The van der Waals surface area contributed by atoms with Crippen LogP contribution in [0.15, 0.2) is 64.4 Å². The fraction of sp³-hybridized carbons (Fsp3) is 0.214. The Hall–Kier alpha value is -2.07. The molecule has 4 aromatic rings. The Kier molecular flexibility index (Phi) is 7.83. The van der Waals surface area contributed by atoms with E-state index in [4.69, 9.17) is 23.2 Å². The molecule has 1 aromatic heterocycles. The van der Waals surface area contributed by atoms with Crippen LogP contribution in [0, 0.1) is 11.6 Å². The van der Waals surface area contributed by atoms with Crippen LogP contribution >= 0.6 is 35.0 Å². The number of carbonyl (C=O) groups excluding carboxylic acids is 2. The maximum atomic E-state index is 15.4. The van der Waals surface area contributed by atoms with Crippen LogP contribution in [0.1, 0.15) is 35.2 Å². The number of halogens is 4. The number of para-hydroxylation sites is 1. The number of benzene rings is 3. The summed E-state index contributed by atoms with van der Waals surface area (Å²) < 4.78 is 31.6. The van der Waals surface area contributed by atoms with Crippen LogP contribution in [0.5, 0.6) is 0 Å². The summed E-state index contributed by atoms with van der Waals surface area (Å²) in [5.41, 5.74) is 1.36. The number of hydrogen-bond acceptors (Lipinski definition) is 4. The second kappa shape index (κ2) is 10.7. The van der Waals surface area contributed by atoms with Crippen LogP contribution < -0.4 is 39.6 Å². The van der Waals surface area contributed by atoms with Gasteiger partial charge in [0.1, 0.15) is 17.5 Å². The van der Waals surface area contributed by atoms with Crippen molar-refractivity contribution < 1.29 is 53.0 Å². The largest absolute Gasteiger partial charge is 1.00 e. The van der Waals surface area contributed by atoms with Crippen molar-refractivity contribution in [3.05, 3.63) is 87.5 Å². The summed E-state index contributed by atoms with van der Waals surface area (Å²) in [7, 11) is 0. The van der Waals surface area contributed by atoms with E-state index >= 15 is 4.39 Å². The van der Waals surface area contributed by atoms with Gasteiger partial charge >= 0.3 is 29.6 Å². The summed E-state index contributed by atoms with van der Waals surface area (Å²) >= 11 is 13.7. The van der Waals surface area contributed by atoms with E-state index in [9.17, 15) is 19.1 Å². The van der Waals surface area contributed by atoms with Crippen molar-refractivity contribution >= 4 is 63.4 Å². The fourth-order valence-corrected chi connectivity index (χ4v) is 7.08. The number of carboxylic acid groups (broad SMARTS) is 1. The quantitative estimate of drug-likeness (QED) is 0.333. The molecule has 5 nitrogen and oxygen atoms in total. The van der Waals surface area contributed by atoms with Crippen molar-refractivity contribution in [1.82, 2.24) is 4.57 Å². The average Bonchev–Trinajstić information content (AvgIpc) is 3.36. The Morgan fingerprint density at radius 1 is 1.00 bits per heavy atom. The molecule has 1 fully saturated rings. The fourth-order valence-electron chi connectivity index (χ4n) is 5.53. The molecule has 1 spiro atoms. The van der Waals surface area contributed by atoms with Gasteiger partial charge in [0.25, 0.3) is 0 Å². The average molecular weight is 595 g/mol. The number of fused-ring (bicyclic) bond motifs is 3. The number of carboxylic acids is 1. The molecule has 1 aliphatic carbocycles. The van der Waals surface area contributed by atoms with Crippen molar-refractivity contribution in [3.8, 4) is 0 Å². The van der Waals surface area contributed by atoms with Crippen LogP contribution in [0.25, 0.3) is 10.9 Å². The van der Waals surface area contributed by atoms with Crippen LogP contribution in [-0.2, 0) is 16.8 Å². The summed E-state index contributed by atoms with van der Waals surface area (Å²) in [4.78, 5) is 27.0. The zero-order chi connectivity index (χ0) is 26.8. The molecule has 1 saturated carbocycles. The number of aromatic carboxylic acids is 1. The first-order chi connectivity index (χ1) is 18.2. The van der Waals surface area contributed by atoms with Crippen molar-refractivity contribution in [2.24, 2.45) is 0 Å². The van der Waals surface area contributed by atoms with Crippen LogP contribution in [0.4, 0.5) is 14.5 Å². The van der Waals surface area contributed by atoms with Gasteiger partial charge < -0.3 is 19.4 Å². The van der Waals surface area contributed by atoms with Gasteiger partial charge in [0.05, 0.1) is 21.4 Å². The molecule has 0 bridgehead atoms. The Balaban J connectivity index is 0.00000308. The second-order valence-corrected chi connectivity index (χ2v) is 11.4. The molecule has 6 rings (SSSR count). The molecule has 2 aliphatic rings. The molecule has 1 amide bonds. The molecule has 39 heavy (non-hydrogen) atoms. The van der Waals surface area contributed by atoms with E-state index in [1.165, 1.54) is 22.8 Å². The standard InChI is InChI=1S/C28H20Cl2F2N2O3S.Na/c29-18-10-9-16-24(23(18)32)33(26(30)25(16)38-20-8-3-5-15(22(20)31)27(36)37)13-21(35)34-14-28(11-4-12-28)17-6-1-2-7-19(17)34;/h1-3,5-10H,4,11-14H2,(H,36,37);/q;+1/p-1. The number of rotatable bonds is 5. The summed E-state index contributed by atoms with van der Waals surface area (Å²) in [5.74, 6) is -3.66. The number of amides is 1. The minimum Gasteiger partial charge on any atom is -0.545 e. The molecule has 2 heterocycles. The topological polar surface area (TPSA) is 65.4 Å². The third-order valence-corrected chi connectivity index (χ3v) is 9.48. The smallest absolute Gasteiger partial charge is 0.545 e. The number of hydrogen-bond donors (Lipinski definition) is 0. The monoisotopic (exact) mass is 594 g/mol. The number of aromatic nitrogens is 1. The molecule has 11 heteroatoms. The maximum Gasteiger partial charge on any atom is 1.00 e. The molecule has 0 saturated heterocycles. The molecule has 1 aliphatic heterocycles. The van der Waals surface area contributed by atoms with Gasteiger partial charge in [-0.1, -0.05) is 71.7 Å². The van der Waals surface area contributed by atoms with Crippen LogP contribution in [-0.4, -0.2) is 23.0 Å². The SMILES string of the molecule is O=C([O-])c1cccc(Sc2c(Cl)n(CC(=O)N3CC4(CCC4)c4ccccc43)c3c(F)c(Cl)ccc23)c1F.[Na+]. The number of carbonyl (C=O) groups is 2. The molecule has 194 valence electrons. The first kappa shape index (κ1) is 28.5. The van der Waals surface area contributed by atoms with Crippen molar-refractivity contribution in [3.63, 3.8) is 0 Å². The Labute approximate surface area is 259 Å². The summed E-state index contributed by atoms with van der Waals surface area (Å²) in [6.45, 7) is 0.285. The second-order valence-electron chi connectivity index (χ2n) is 9.60. The van der Waals surface area contributed by atoms with E-state index in [-0.39, 0.29) is 72.9 Å². The first-order valence-corrected chi connectivity index (χ1v) is 13.5. The normalized spacial score (nSPS) is 15.2. The predicted octanol–water partition coefficient (Wildman–Crippen LogP) is 3.21. The summed E-state index contributed by atoms with van der Waals surface area (Å²) in [6, 6.07) is 14.6. The number of nitrogens with zero attached hydrogens (tertiary/aromatic N) is 2. The van der Waals surface area contributed by atoms with E-state index in [0.717, 1.165) is 48.3 Å². The molecule has 0 atom stereocenters. The Morgan fingerprint density at radius 2 is 1.74 bits per heavy atom. The van der Waals surface area contributed by atoms with E-state index in [1.807, 2.05) is 18.2 Å². The van der Waals surface area contributed by atoms with Crippen molar-refractivity contribution in [2.45, 2.75) is 41.0 Å². The Bertz CT molecular complexity index is 1660. The van der Waals surface area contributed by atoms with Crippen LogP contribution in [0.3, 0.4) is 0 Å². The van der Waals surface area contributed by atoms with E-state index < -0.39 is 23.2 Å². The number of anilines is 1. The van der Waals surface area contributed by atoms with Gasteiger partial charge in [-0.15, -0.1) is 0 Å². The van der Waals surface area contributed by atoms with Gasteiger partial charge in [0.15, 0.2) is 5.82 Å². The summed E-state index contributed by atoms with van der Waals surface area (Å²) in [5, 5.41) is 11.5. The van der Waals surface area contributed by atoms with Gasteiger partial charge in [-0.2, -0.15) is 0 Å². The Morgan fingerprint density at radius 3 is 2.44 bits per heavy atom. The van der Waals surface area contributed by atoms with Crippen molar-refractivity contribution in [2.75, 3.05) is 11.4 Å². The van der Waals surface area contributed by atoms with E-state index in [1.54, 1.807) is 11.0 Å². The molecule has 3 aromatic carbocycles. The zero-order valence-corrected chi connectivity index (χ0v) is 25.1. The van der Waals surface area contributed by atoms with Crippen molar-refractivity contribution in [1.29, 1.82) is 0 Å². The van der Waals surface area contributed by atoms with Gasteiger partial charge in [-0.25, -0.2) is 8.78 Å².